The van der Waals surface area contributed by atoms with E-state index in [1.54, 1.807) is 6.07 Å². The van der Waals surface area contributed by atoms with E-state index in [-0.39, 0.29) is 6.10 Å². The van der Waals surface area contributed by atoms with Gasteiger partial charge >= 0.3 is 0 Å². The molecule has 1 aromatic carbocycles. The molecule has 2 atom stereocenters. The topological polar surface area (TPSA) is 12.5 Å². The fraction of sp³-hybridized carbons (Fsp3) is 0.333. The molecule has 0 spiro atoms. The highest BCUT2D eigenvalue weighted by Gasteiger charge is 2.47. The Bertz CT molecular complexity index is 362. The van der Waals surface area contributed by atoms with Crippen LogP contribution in [-0.4, -0.2) is 6.10 Å². The molecule has 0 N–H and O–H groups in total. The van der Waals surface area contributed by atoms with E-state index in [1.165, 1.54) is 11.1 Å². The number of ether oxygens (including phenoxy) is 1. The van der Waals surface area contributed by atoms with E-state index in [0.717, 1.165) is 11.4 Å². The molecule has 1 aliphatic carbocycles. The Kier molecular flexibility index (Phi) is 1.30. The van der Waals surface area contributed by atoms with E-state index in [4.69, 9.17) is 27.9 Å². The van der Waals surface area contributed by atoms with Crippen LogP contribution in [0.2, 0.25) is 10.0 Å². The summed E-state index contributed by atoms with van der Waals surface area (Å²) < 4.78 is 5.37. The summed E-state index contributed by atoms with van der Waals surface area (Å²) in [5.74, 6) is 0. The second-order valence-corrected chi connectivity index (χ2v) is 4.10. The van der Waals surface area contributed by atoms with Gasteiger partial charge in [-0.1, -0.05) is 23.2 Å². The summed E-state index contributed by atoms with van der Waals surface area (Å²) in [6, 6.07) is 3.76. The van der Waals surface area contributed by atoms with Gasteiger partial charge in [-0.15, -0.1) is 0 Å². The molecule has 62 valence electrons. The molecule has 0 saturated carbocycles. The quantitative estimate of drug-likeness (QED) is 0.587. The van der Waals surface area contributed by atoms with Crippen LogP contribution in [0, 0.1) is 0 Å². The molecule has 0 bridgehead atoms. The van der Waals surface area contributed by atoms with E-state index < -0.39 is 0 Å². The molecule has 0 amide bonds. The molecule has 3 rings (SSSR count). The summed E-state index contributed by atoms with van der Waals surface area (Å²) in [6.07, 6.45) is 1.63. The van der Waals surface area contributed by atoms with Crippen molar-refractivity contribution in [2.75, 3.05) is 0 Å². The number of halogens is 2. The smallest absolute Gasteiger partial charge is 0.110 e. The second kappa shape index (κ2) is 2.16. The molecule has 1 fully saturated rings. The molecule has 1 saturated heterocycles. The molecule has 1 aliphatic heterocycles. The zero-order valence-electron chi connectivity index (χ0n) is 6.18. The largest absolute Gasteiger partial charge is 0.364 e. The van der Waals surface area contributed by atoms with E-state index in [1.807, 2.05) is 6.07 Å². The first kappa shape index (κ1) is 7.19. The van der Waals surface area contributed by atoms with Crippen molar-refractivity contribution in [3.05, 3.63) is 33.3 Å². The molecule has 1 aromatic rings. The predicted molar refractivity (Wildman–Crippen MR) is 47.8 cm³/mol. The van der Waals surface area contributed by atoms with Crippen LogP contribution in [0.25, 0.3) is 0 Å². The van der Waals surface area contributed by atoms with Gasteiger partial charge in [0.25, 0.3) is 0 Å². The predicted octanol–water partition coefficient (Wildman–Crippen LogP) is 2.99. The van der Waals surface area contributed by atoms with Crippen LogP contribution < -0.4 is 0 Å². The Labute approximate surface area is 80.2 Å². The lowest BCUT2D eigenvalue weighted by Crippen LogP contribution is -1.90. The van der Waals surface area contributed by atoms with Crippen LogP contribution >= 0.6 is 23.2 Å². The zero-order valence-corrected chi connectivity index (χ0v) is 7.69. The first-order chi connectivity index (χ1) is 5.75. The Balaban J connectivity index is 2.24. The average molecular weight is 201 g/mol. The number of epoxide rings is 1. The van der Waals surface area contributed by atoms with Gasteiger partial charge in [0.15, 0.2) is 0 Å². The van der Waals surface area contributed by atoms with E-state index in [2.05, 4.69) is 0 Å². The molecular weight excluding hydrogens is 195 g/mol. The minimum Gasteiger partial charge on any atom is -0.364 e. The van der Waals surface area contributed by atoms with Gasteiger partial charge in [0.2, 0.25) is 0 Å². The molecular formula is C9H6Cl2O. The highest BCUT2D eigenvalue weighted by Crippen LogP contribution is 2.51. The van der Waals surface area contributed by atoms with Crippen molar-refractivity contribution in [1.29, 1.82) is 0 Å². The monoisotopic (exact) mass is 200 g/mol. The van der Waals surface area contributed by atoms with E-state index >= 15 is 0 Å². The van der Waals surface area contributed by atoms with Gasteiger partial charge in [-0.2, -0.15) is 0 Å². The maximum Gasteiger partial charge on any atom is 0.110 e. The van der Waals surface area contributed by atoms with E-state index in [9.17, 15) is 0 Å². The number of benzene rings is 1. The maximum atomic E-state index is 6.02. The van der Waals surface area contributed by atoms with Gasteiger partial charge in [0, 0.05) is 16.5 Å². The van der Waals surface area contributed by atoms with E-state index in [0.29, 0.717) is 11.1 Å². The fourth-order valence-corrected chi connectivity index (χ4v) is 2.45. The highest BCUT2D eigenvalue weighted by molar-refractivity contribution is 6.35. The van der Waals surface area contributed by atoms with Gasteiger partial charge in [0.05, 0.1) is 6.10 Å². The SMILES string of the molecule is Clc1cc(Cl)c2c(c1)[C@H]1O[C@@H]1C2. The minimum absolute atomic E-state index is 0.288. The number of rotatable bonds is 0. The summed E-state index contributed by atoms with van der Waals surface area (Å²) in [6.45, 7) is 0. The maximum absolute atomic E-state index is 6.02. The number of hydrogen-bond acceptors (Lipinski definition) is 1. The lowest BCUT2D eigenvalue weighted by Gasteiger charge is -2.04. The van der Waals surface area contributed by atoms with Crippen molar-refractivity contribution in [2.24, 2.45) is 0 Å². The zero-order chi connectivity index (χ0) is 8.29. The van der Waals surface area contributed by atoms with Gasteiger partial charge in [0.1, 0.15) is 6.10 Å². The van der Waals surface area contributed by atoms with Crippen molar-refractivity contribution in [3.8, 4) is 0 Å². The van der Waals surface area contributed by atoms with Gasteiger partial charge < -0.3 is 4.74 Å². The lowest BCUT2D eigenvalue weighted by atomic mass is 10.1. The Morgan fingerprint density at radius 2 is 2.17 bits per heavy atom. The fourth-order valence-electron chi connectivity index (χ4n) is 1.87. The first-order valence-electron chi connectivity index (χ1n) is 3.89. The van der Waals surface area contributed by atoms with Crippen molar-refractivity contribution in [1.82, 2.24) is 0 Å². The van der Waals surface area contributed by atoms with Crippen LogP contribution in [-0.2, 0) is 11.2 Å². The van der Waals surface area contributed by atoms with Crippen LogP contribution in [0.1, 0.15) is 17.2 Å². The molecule has 12 heavy (non-hydrogen) atoms. The molecule has 2 aliphatic rings. The third-order valence-electron chi connectivity index (χ3n) is 2.49. The summed E-state index contributed by atoms with van der Waals surface area (Å²) >= 11 is 11.9. The molecule has 0 aromatic heterocycles. The third kappa shape index (κ3) is 0.846. The standard InChI is InChI=1S/C9H6Cl2O/c10-4-1-6-5(7(11)2-4)3-8-9(6)12-8/h1-2,8-9H,3H2/t8-,9-/m1/s1. The molecule has 3 heteroatoms. The normalized spacial score (nSPS) is 29.8. The van der Waals surface area contributed by atoms with Crippen LogP contribution in [0.15, 0.2) is 12.1 Å². The molecule has 0 unspecified atom stereocenters. The molecule has 1 nitrogen and oxygen atoms in total. The van der Waals surface area contributed by atoms with Crippen LogP contribution in [0.3, 0.4) is 0 Å². The number of hydrogen-bond donors (Lipinski definition) is 0. The Hall–Kier alpha value is -0.240. The average Bonchev–Trinajstić information content (AvgIpc) is 2.68. The lowest BCUT2D eigenvalue weighted by molar-refractivity contribution is 0.361. The second-order valence-electron chi connectivity index (χ2n) is 3.25. The third-order valence-corrected chi connectivity index (χ3v) is 3.04. The molecule has 1 heterocycles. The van der Waals surface area contributed by atoms with Crippen molar-refractivity contribution in [3.63, 3.8) is 0 Å². The van der Waals surface area contributed by atoms with Crippen molar-refractivity contribution < 1.29 is 4.74 Å². The first-order valence-corrected chi connectivity index (χ1v) is 4.64. The Morgan fingerprint density at radius 3 is 3.00 bits per heavy atom. The summed E-state index contributed by atoms with van der Waals surface area (Å²) in [4.78, 5) is 0. The van der Waals surface area contributed by atoms with Crippen LogP contribution in [0.4, 0.5) is 0 Å². The summed E-state index contributed by atoms with van der Waals surface area (Å²) in [5, 5.41) is 1.49. The van der Waals surface area contributed by atoms with Gasteiger partial charge in [-0.05, 0) is 23.3 Å². The minimum atomic E-state index is 0.288. The van der Waals surface area contributed by atoms with Crippen molar-refractivity contribution in [2.45, 2.75) is 18.6 Å². The summed E-state index contributed by atoms with van der Waals surface area (Å²) in [7, 11) is 0. The molecule has 0 radical (unpaired) electrons. The number of fused-ring (bicyclic) bond motifs is 3. The highest BCUT2D eigenvalue weighted by atomic mass is 35.5. The van der Waals surface area contributed by atoms with Gasteiger partial charge in [-0.3, -0.25) is 0 Å². The van der Waals surface area contributed by atoms with Crippen LogP contribution in [0.5, 0.6) is 0 Å². The summed E-state index contributed by atoms with van der Waals surface area (Å²) in [5.41, 5.74) is 2.42. The Morgan fingerprint density at radius 1 is 1.33 bits per heavy atom. The van der Waals surface area contributed by atoms with Gasteiger partial charge in [-0.25, -0.2) is 0 Å². The van der Waals surface area contributed by atoms with Crippen molar-refractivity contribution >= 4 is 23.2 Å².